The molecule has 0 saturated heterocycles. The number of halogens is 3. The lowest BCUT2D eigenvalue weighted by Gasteiger charge is -2.05. The largest absolute Gasteiger partial charge is 0.441 e. The molecule has 0 aliphatic rings. The SMILES string of the molecule is Nc1noc(-c2ccc(Cl)o2)c1-c1c(F)cccc1Cl. The molecule has 2 aromatic heterocycles. The zero-order valence-corrected chi connectivity index (χ0v) is 11.4. The fourth-order valence-corrected chi connectivity index (χ4v) is 2.29. The van der Waals surface area contributed by atoms with E-state index in [1.165, 1.54) is 18.2 Å². The molecule has 3 rings (SSSR count). The normalized spacial score (nSPS) is 10.9. The summed E-state index contributed by atoms with van der Waals surface area (Å²) in [6, 6.07) is 7.41. The first-order chi connectivity index (χ1) is 9.58. The molecular formula is C13H7Cl2FN2O2. The Hall–Kier alpha value is -1.98. The molecule has 0 atom stereocenters. The molecule has 0 aliphatic heterocycles. The van der Waals surface area contributed by atoms with Gasteiger partial charge in [-0.15, -0.1) is 0 Å². The van der Waals surface area contributed by atoms with Crippen LogP contribution in [0.25, 0.3) is 22.6 Å². The van der Waals surface area contributed by atoms with E-state index in [-0.39, 0.29) is 38.7 Å². The number of benzene rings is 1. The molecule has 0 radical (unpaired) electrons. The van der Waals surface area contributed by atoms with Crippen LogP contribution >= 0.6 is 23.2 Å². The van der Waals surface area contributed by atoms with Gasteiger partial charge in [0.25, 0.3) is 0 Å². The van der Waals surface area contributed by atoms with E-state index in [4.69, 9.17) is 37.9 Å². The van der Waals surface area contributed by atoms with Crippen molar-refractivity contribution in [1.82, 2.24) is 5.16 Å². The van der Waals surface area contributed by atoms with Gasteiger partial charge in [-0.3, -0.25) is 0 Å². The number of nitrogen functional groups attached to an aromatic ring is 1. The van der Waals surface area contributed by atoms with E-state index in [0.29, 0.717) is 0 Å². The fraction of sp³-hybridized carbons (Fsp3) is 0. The monoisotopic (exact) mass is 312 g/mol. The minimum Gasteiger partial charge on any atom is -0.441 e. The van der Waals surface area contributed by atoms with Gasteiger partial charge in [0.1, 0.15) is 5.82 Å². The van der Waals surface area contributed by atoms with Crippen molar-refractivity contribution in [2.24, 2.45) is 0 Å². The lowest BCUT2D eigenvalue weighted by atomic mass is 10.0. The number of hydrogen-bond acceptors (Lipinski definition) is 4. The predicted molar refractivity (Wildman–Crippen MR) is 74.0 cm³/mol. The number of anilines is 1. The molecule has 20 heavy (non-hydrogen) atoms. The molecule has 2 N–H and O–H groups in total. The Morgan fingerprint density at radius 3 is 2.55 bits per heavy atom. The molecule has 0 amide bonds. The molecule has 4 nitrogen and oxygen atoms in total. The molecule has 102 valence electrons. The van der Waals surface area contributed by atoms with Crippen molar-refractivity contribution >= 4 is 29.0 Å². The third-order valence-electron chi connectivity index (χ3n) is 2.73. The molecule has 3 aromatic rings. The predicted octanol–water partition coefficient (Wildman–Crippen LogP) is 4.63. The lowest BCUT2D eigenvalue weighted by Crippen LogP contribution is -1.92. The van der Waals surface area contributed by atoms with E-state index in [9.17, 15) is 4.39 Å². The van der Waals surface area contributed by atoms with Gasteiger partial charge in [-0.2, -0.15) is 0 Å². The first-order valence-corrected chi connectivity index (χ1v) is 6.28. The van der Waals surface area contributed by atoms with E-state index in [2.05, 4.69) is 5.16 Å². The highest BCUT2D eigenvalue weighted by Crippen LogP contribution is 2.41. The van der Waals surface area contributed by atoms with Crippen LogP contribution in [0, 0.1) is 5.82 Å². The second kappa shape index (κ2) is 4.85. The maximum Gasteiger partial charge on any atom is 0.212 e. The minimum atomic E-state index is -0.536. The van der Waals surface area contributed by atoms with Gasteiger partial charge < -0.3 is 14.7 Å². The molecule has 7 heteroatoms. The van der Waals surface area contributed by atoms with Crippen LogP contribution in [0.4, 0.5) is 10.2 Å². The standard InChI is InChI=1S/C13H7Cl2FN2O2/c14-6-2-1-3-7(16)10(6)11-12(20-18-13(11)17)8-4-5-9(15)19-8/h1-5H,(H2,17,18). The molecule has 0 aliphatic carbocycles. The Bertz CT molecular complexity index is 762. The van der Waals surface area contributed by atoms with Crippen molar-refractivity contribution in [3.05, 3.63) is 46.4 Å². The number of nitrogens with two attached hydrogens (primary N) is 1. The van der Waals surface area contributed by atoms with Crippen LogP contribution in [0.5, 0.6) is 0 Å². The van der Waals surface area contributed by atoms with E-state index in [1.54, 1.807) is 12.1 Å². The lowest BCUT2D eigenvalue weighted by molar-refractivity contribution is 0.421. The Labute approximate surface area is 122 Å². The first-order valence-electron chi connectivity index (χ1n) is 5.53. The van der Waals surface area contributed by atoms with Crippen LogP contribution in [0.2, 0.25) is 10.2 Å². The zero-order valence-electron chi connectivity index (χ0n) is 9.86. The summed E-state index contributed by atoms with van der Waals surface area (Å²) in [5, 5.41) is 4.00. The van der Waals surface area contributed by atoms with Crippen LogP contribution < -0.4 is 5.73 Å². The van der Waals surface area contributed by atoms with Gasteiger partial charge in [-0.05, 0) is 35.9 Å². The number of hydrogen-bond donors (Lipinski definition) is 1. The average molecular weight is 313 g/mol. The smallest absolute Gasteiger partial charge is 0.212 e. The number of rotatable bonds is 2. The van der Waals surface area contributed by atoms with Crippen LogP contribution in [0.15, 0.2) is 39.3 Å². The number of furan rings is 1. The van der Waals surface area contributed by atoms with Crippen molar-refractivity contribution in [2.45, 2.75) is 0 Å². The highest BCUT2D eigenvalue weighted by atomic mass is 35.5. The van der Waals surface area contributed by atoms with E-state index >= 15 is 0 Å². The summed E-state index contributed by atoms with van der Waals surface area (Å²) in [6.07, 6.45) is 0. The van der Waals surface area contributed by atoms with Gasteiger partial charge in [0, 0.05) is 5.56 Å². The third kappa shape index (κ3) is 2.05. The highest BCUT2D eigenvalue weighted by molar-refractivity contribution is 6.33. The highest BCUT2D eigenvalue weighted by Gasteiger charge is 2.24. The van der Waals surface area contributed by atoms with Gasteiger partial charge >= 0.3 is 0 Å². The number of aromatic nitrogens is 1. The summed E-state index contributed by atoms with van der Waals surface area (Å²) >= 11 is 11.8. The van der Waals surface area contributed by atoms with Gasteiger partial charge in [-0.25, -0.2) is 4.39 Å². The topological polar surface area (TPSA) is 65.2 Å². The molecule has 2 heterocycles. The summed E-state index contributed by atoms with van der Waals surface area (Å²) in [5.41, 5.74) is 6.09. The van der Waals surface area contributed by atoms with Gasteiger partial charge in [0.2, 0.25) is 5.76 Å². The molecule has 1 aromatic carbocycles. The minimum absolute atomic E-state index is 0.0134. The van der Waals surface area contributed by atoms with E-state index in [1.807, 2.05) is 0 Å². The van der Waals surface area contributed by atoms with Crippen LogP contribution in [-0.2, 0) is 0 Å². The fourth-order valence-electron chi connectivity index (χ4n) is 1.89. The Balaban J connectivity index is 2.27. The summed E-state index contributed by atoms with van der Waals surface area (Å²) in [4.78, 5) is 0. The third-order valence-corrected chi connectivity index (χ3v) is 3.25. The molecule has 0 saturated carbocycles. The summed E-state index contributed by atoms with van der Waals surface area (Å²) in [6.45, 7) is 0. The summed E-state index contributed by atoms with van der Waals surface area (Å²) < 4.78 is 24.4. The van der Waals surface area contributed by atoms with Crippen molar-refractivity contribution in [3.63, 3.8) is 0 Å². The van der Waals surface area contributed by atoms with Crippen molar-refractivity contribution in [3.8, 4) is 22.6 Å². The molecule has 0 bridgehead atoms. The molecule has 0 fully saturated rings. The Morgan fingerprint density at radius 1 is 1.10 bits per heavy atom. The first kappa shape index (κ1) is 13.0. The van der Waals surface area contributed by atoms with Crippen molar-refractivity contribution in [1.29, 1.82) is 0 Å². The van der Waals surface area contributed by atoms with E-state index in [0.717, 1.165) is 0 Å². The van der Waals surface area contributed by atoms with Gasteiger partial charge in [0.05, 0.1) is 10.6 Å². The molecule has 0 spiro atoms. The van der Waals surface area contributed by atoms with Crippen molar-refractivity contribution in [2.75, 3.05) is 5.73 Å². The van der Waals surface area contributed by atoms with E-state index < -0.39 is 5.82 Å². The molecular weight excluding hydrogens is 306 g/mol. The van der Waals surface area contributed by atoms with Crippen molar-refractivity contribution < 1.29 is 13.3 Å². The number of nitrogens with zero attached hydrogens (tertiary/aromatic N) is 1. The molecule has 0 unspecified atom stereocenters. The Kier molecular flexibility index (Phi) is 3.16. The Morgan fingerprint density at radius 2 is 1.90 bits per heavy atom. The van der Waals surface area contributed by atoms with Crippen LogP contribution in [0.3, 0.4) is 0 Å². The summed E-state index contributed by atoms with van der Waals surface area (Å²) in [7, 11) is 0. The second-order valence-corrected chi connectivity index (χ2v) is 4.75. The zero-order chi connectivity index (χ0) is 14.3. The maximum atomic E-state index is 14.0. The van der Waals surface area contributed by atoms with Crippen LogP contribution in [-0.4, -0.2) is 5.16 Å². The second-order valence-electron chi connectivity index (χ2n) is 3.97. The summed E-state index contributed by atoms with van der Waals surface area (Å²) in [5.74, 6) is -0.0688. The maximum absolute atomic E-state index is 14.0. The quantitative estimate of drug-likeness (QED) is 0.749. The van der Waals surface area contributed by atoms with Gasteiger partial charge in [0.15, 0.2) is 16.8 Å². The van der Waals surface area contributed by atoms with Crippen LogP contribution in [0.1, 0.15) is 0 Å². The average Bonchev–Trinajstić information content (AvgIpc) is 2.97. The van der Waals surface area contributed by atoms with Gasteiger partial charge in [-0.1, -0.05) is 22.8 Å².